The third kappa shape index (κ3) is 3.91. The molecule has 0 aromatic heterocycles. The van der Waals surface area contributed by atoms with Crippen LogP contribution in [0.3, 0.4) is 0 Å². The highest BCUT2D eigenvalue weighted by Gasteiger charge is 2.11. The maximum Gasteiger partial charge on any atom is 0.0513 e. The molecular weight excluding hydrogens is 289 g/mol. The molecule has 0 fully saturated rings. The number of anilines is 1. The van der Waals surface area contributed by atoms with Gasteiger partial charge in [0.05, 0.1) is 6.04 Å². The zero-order valence-corrected chi connectivity index (χ0v) is 13.3. The molecule has 0 bridgehead atoms. The van der Waals surface area contributed by atoms with E-state index < -0.39 is 0 Å². The minimum Gasteiger partial charge on any atom is -0.378 e. The Balaban J connectivity index is 2.22. The summed E-state index contributed by atoms with van der Waals surface area (Å²) in [5, 5.41) is 5.15. The molecule has 0 amide bonds. The van der Waals surface area contributed by atoms with E-state index in [0.29, 0.717) is 0 Å². The van der Waals surface area contributed by atoms with Crippen molar-refractivity contribution in [1.82, 2.24) is 0 Å². The third-order valence-electron chi connectivity index (χ3n) is 3.37. The van der Waals surface area contributed by atoms with Crippen LogP contribution >= 0.6 is 23.2 Å². The summed E-state index contributed by atoms with van der Waals surface area (Å²) in [6.45, 7) is 4.26. The molecular formula is C17H19Cl2N. The van der Waals surface area contributed by atoms with Gasteiger partial charge in [-0.25, -0.2) is 0 Å². The van der Waals surface area contributed by atoms with Crippen molar-refractivity contribution >= 4 is 28.9 Å². The van der Waals surface area contributed by atoms with Crippen LogP contribution in [0.25, 0.3) is 0 Å². The van der Waals surface area contributed by atoms with E-state index in [0.717, 1.165) is 34.1 Å². The fraction of sp³-hybridized carbons (Fsp3) is 0.294. The van der Waals surface area contributed by atoms with Crippen molar-refractivity contribution in [3.05, 3.63) is 63.6 Å². The first-order chi connectivity index (χ1) is 9.60. The topological polar surface area (TPSA) is 12.0 Å². The maximum absolute atomic E-state index is 6.01. The quantitative estimate of drug-likeness (QED) is 0.688. The standard InChI is InChI=1S/C17H19Cl2N/c1-3-4-17(13-5-7-14(18)8-6-13)20-16-10-9-15(19)11-12(16)2/h5-11,17,20H,3-4H2,1-2H3. The smallest absolute Gasteiger partial charge is 0.0513 e. The highest BCUT2D eigenvalue weighted by molar-refractivity contribution is 6.30. The number of halogens is 2. The van der Waals surface area contributed by atoms with Gasteiger partial charge in [0.15, 0.2) is 0 Å². The number of nitrogens with one attached hydrogen (secondary N) is 1. The summed E-state index contributed by atoms with van der Waals surface area (Å²) in [5.74, 6) is 0. The zero-order chi connectivity index (χ0) is 14.5. The minimum absolute atomic E-state index is 0.289. The average molecular weight is 308 g/mol. The lowest BCUT2D eigenvalue weighted by molar-refractivity contribution is 0.677. The Hall–Kier alpha value is -1.18. The normalized spacial score (nSPS) is 12.2. The maximum atomic E-state index is 6.01. The van der Waals surface area contributed by atoms with Crippen molar-refractivity contribution in [3.63, 3.8) is 0 Å². The Bertz CT molecular complexity index is 564. The molecule has 2 aromatic carbocycles. The second-order valence-corrected chi connectivity index (χ2v) is 5.87. The van der Waals surface area contributed by atoms with E-state index in [1.165, 1.54) is 5.56 Å². The van der Waals surface area contributed by atoms with Crippen LogP contribution in [0.5, 0.6) is 0 Å². The molecule has 1 N–H and O–H groups in total. The summed E-state index contributed by atoms with van der Waals surface area (Å²) in [6, 6.07) is 14.3. The van der Waals surface area contributed by atoms with E-state index in [-0.39, 0.29) is 6.04 Å². The van der Waals surface area contributed by atoms with Gasteiger partial charge in [-0.3, -0.25) is 0 Å². The molecule has 1 nitrogen and oxygen atoms in total. The Kier molecular flexibility index (Phi) is 5.33. The van der Waals surface area contributed by atoms with Crippen LogP contribution in [-0.2, 0) is 0 Å². The predicted octanol–water partition coefficient (Wildman–Crippen LogP) is 6.26. The van der Waals surface area contributed by atoms with Crippen molar-refractivity contribution in [1.29, 1.82) is 0 Å². The van der Waals surface area contributed by atoms with Gasteiger partial charge in [0, 0.05) is 15.7 Å². The van der Waals surface area contributed by atoms with E-state index in [4.69, 9.17) is 23.2 Å². The highest BCUT2D eigenvalue weighted by atomic mass is 35.5. The molecule has 2 rings (SSSR count). The molecule has 0 saturated carbocycles. The molecule has 3 heteroatoms. The summed E-state index contributed by atoms with van der Waals surface area (Å²) >= 11 is 12.0. The van der Waals surface area contributed by atoms with E-state index in [1.54, 1.807) is 0 Å². The van der Waals surface area contributed by atoms with Crippen LogP contribution in [0.1, 0.15) is 36.9 Å². The number of rotatable bonds is 5. The van der Waals surface area contributed by atoms with Crippen molar-refractivity contribution in [3.8, 4) is 0 Å². The summed E-state index contributed by atoms with van der Waals surface area (Å²) in [5.41, 5.74) is 3.54. The molecule has 0 radical (unpaired) electrons. The Morgan fingerprint density at radius 1 is 1.00 bits per heavy atom. The lowest BCUT2D eigenvalue weighted by atomic mass is 10.0. The fourth-order valence-electron chi connectivity index (χ4n) is 2.28. The molecule has 0 aliphatic carbocycles. The van der Waals surface area contributed by atoms with E-state index in [9.17, 15) is 0 Å². The molecule has 0 heterocycles. The number of hydrogen-bond acceptors (Lipinski definition) is 1. The first-order valence-electron chi connectivity index (χ1n) is 6.88. The molecule has 1 unspecified atom stereocenters. The van der Waals surface area contributed by atoms with Gasteiger partial charge < -0.3 is 5.32 Å². The van der Waals surface area contributed by atoms with Gasteiger partial charge >= 0.3 is 0 Å². The van der Waals surface area contributed by atoms with Crippen LogP contribution in [0.15, 0.2) is 42.5 Å². The van der Waals surface area contributed by atoms with Crippen molar-refractivity contribution < 1.29 is 0 Å². The molecule has 106 valence electrons. The highest BCUT2D eigenvalue weighted by Crippen LogP contribution is 2.28. The number of aryl methyl sites for hydroxylation is 1. The lowest BCUT2D eigenvalue weighted by Crippen LogP contribution is -2.11. The monoisotopic (exact) mass is 307 g/mol. The SMILES string of the molecule is CCCC(Nc1ccc(Cl)cc1C)c1ccc(Cl)cc1. The first kappa shape index (κ1) is 15.2. The molecule has 0 aliphatic rings. The van der Waals surface area contributed by atoms with E-state index >= 15 is 0 Å². The predicted molar refractivity (Wildman–Crippen MR) is 88.9 cm³/mol. The van der Waals surface area contributed by atoms with Gasteiger partial charge in [0.2, 0.25) is 0 Å². The second kappa shape index (κ2) is 7.01. The van der Waals surface area contributed by atoms with Crippen LogP contribution in [0.2, 0.25) is 10.0 Å². The molecule has 20 heavy (non-hydrogen) atoms. The fourth-order valence-corrected chi connectivity index (χ4v) is 2.64. The molecule has 0 aliphatic heterocycles. The zero-order valence-electron chi connectivity index (χ0n) is 11.8. The van der Waals surface area contributed by atoms with Gasteiger partial charge in [-0.1, -0.05) is 48.7 Å². The van der Waals surface area contributed by atoms with Crippen LogP contribution in [0.4, 0.5) is 5.69 Å². The van der Waals surface area contributed by atoms with Crippen molar-refractivity contribution in [2.75, 3.05) is 5.32 Å². The molecule has 0 spiro atoms. The largest absolute Gasteiger partial charge is 0.378 e. The molecule has 0 saturated heterocycles. The summed E-state index contributed by atoms with van der Waals surface area (Å²) in [4.78, 5) is 0. The van der Waals surface area contributed by atoms with Gasteiger partial charge in [-0.15, -0.1) is 0 Å². The summed E-state index contributed by atoms with van der Waals surface area (Å²) < 4.78 is 0. The molecule has 1 atom stereocenters. The van der Waals surface area contributed by atoms with Crippen LogP contribution in [-0.4, -0.2) is 0 Å². The first-order valence-corrected chi connectivity index (χ1v) is 7.64. The van der Waals surface area contributed by atoms with Gasteiger partial charge in [0.1, 0.15) is 0 Å². The second-order valence-electron chi connectivity index (χ2n) is 5.00. The molecule has 2 aromatic rings. The van der Waals surface area contributed by atoms with E-state index in [1.807, 2.05) is 30.3 Å². The van der Waals surface area contributed by atoms with Gasteiger partial charge in [-0.2, -0.15) is 0 Å². The van der Waals surface area contributed by atoms with Crippen molar-refractivity contribution in [2.24, 2.45) is 0 Å². The van der Waals surface area contributed by atoms with Crippen molar-refractivity contribution in [2.45, 2.75) is 32.7 Å². The van der Waals surface area contributed by atoms with Gasteiger partial charge in [-0.05, 0) is 54.8 Å². The Labute approximate surface area is 130 Å². The average Bonchev–Trinajstić information content (AvgIpc) is 2.42. The van der Waals surface area contributed by atoms with E-state index in [2.05, 4.69) is 31.3 Å². The Morgan fingerprint density at radius 3 is 2.25 bits per heavy atom. The third-order valence-corrected chi connectivity index (χ3v) is 3.85. The summed E-state index contributed by atoms with van der Waals surface area (Å²) in [6.07, 6.45) is 2.19. The number of hydrogen-bond donors (Lipinski definition) is 1. The van der Waals surface area contributed by atoms with Crippen LogP contribution in [0, 0.1) is 6.92 Å². The minimum atomic E-state index is 0.289. The Morgan fingerprint density at radius 2 is 1.65 bits per heavy atom. The number of benzene rings is 2. The lowest BCUT2D eigenvalue weighted by Gasteiger charge is -2.21. The summed E-state index contributed by atoms with van der Waals surface area (Å²) in [7, 11) is 0. The van der Waals surface area contributed by atoms with Crippen LogP contribution < -0.4 is 5.32 Å². The van der Waals surface area contributed by atoms with Gasteiger partial charge in [0.25, 0.3) is 0 Å².